The topological polar surface area (TPSA) is 39.1 Å². The summed E-state index contributed by atoms with van der Waals surface area (Å²) in [6, 6.07) is 8.17. The summed E-state index contributed by atoms with van der Waals surface area (Å²) in [6.07, 6.45) is 6.17. The second-order valence-electron chi connectivity index (χ2n) is 5.00. The summed E-state index contributed by atoms with van der Waals surface area (Å²) in [5.41, 5.74) is 2.03. The molecule has 0 saturated heterocycles. The Morgan fingerprint density at radius 1 is 1.45 bits per heavy atom. The standard InChI is InChI=1S/C15H18ClN3O/c1-2-20-13-9-12(10-13)18-14-8-11(16)4-5-15(14)19-7-3-6-17-19/h3-8,12-13,18H,2,9-10H2,1H3. The van der Waals surface area contributed by atoms with Crippen LogP contribution in [0.4, 0.5) is 5.69 Å². The van der Waals surface area contributed by atoms with Crippen LogP contribution >= 0.6 is 11.6 Å². The second kappa shape index (κ2) is 5.85. The Bertz CT molecular complexity index is 565. The van der Waals surface area contributed by atoms with Crippen LogP contribution in [0.3, 0.4) is 0 Å². The third-order valence-corrected chi connectivity index (χ3v) is 3.80. The van der Waals surface area contributed by atoms with E-state index in [1.165, 1.54) is 0 Å². The van der Waals surface area contributed by atoms with Crippen LogP contribution < -0.4 is 5.32 Å². The first kappa shape index (κ1) is 13.5. The predicted octanol–water partition coefficient (Wildman–Crippen LogP) is 3.51. The van der Waals surface area contributed by atoms with Gasteiger partial charge in [0.15, 0.2) is 0 Å². The molecule has 0 radical (unpaired) electrons. The highest BCUT2D eigenvalue weighted by Gasteiger charge is 2.29. The zero-order chi connectivity index (χ0) is 13.9. The Kier molecular flexibility index (Phi) is 3.94. The van der Waals surface area contributed by atoms with Gasteiger partial charge in [-0.3, -0.25) is 0 Å². The number of benzene rings is 1. The SMILES string of the molecule is CCOC1CC(Nc2cc(Cl)ccc2-n2cccn2)C1. The Morgan fingerprint density at radius 2 is 2.30 bits per heavy atom. The monoisotopic (exact) mass is 291 g/mol. The van der Waals surface area contributed by atoms with E-state index in [9.17, 15) is 0 Å². The number of anilines is 1. The lowest BCUT2D eigenvalue weighted by molar-refractivity contribution is 0.00299. The molecule has 0 unspecified atom stereocenters. The Morgan fingerprint density at radius 3 is 3.00 bits per heavy atom. The van der Waals surface area contributed by atoms with Gasteiger partial charge in [-0.2, -0.15) is 5.10 Å². The molecule has 1 aliphatic carbocycles. The van der Waals surface area contributed by atoms with Gasteiger partial charge >= 0.3 is 0 Å². The van der Waals surface area contributed by atoms with Gasteiger partial charge in [0.05, 0.1) is 17.5 Å². The molecule has 1 N–H and O–H groups in total. The van der Waals surface area contributed by atoms with Crippen molar-refractivity contribution in [3.8, 4) is 5.69 Å². The molecule has 1 aromatic carbocycles. The van der Waals surface area contributed by atoms with Crippen LogP contribution in [0.1, 0.15) is 19.8 Å². The van der Waals surface area contributed by atoms with Crippen molar-refractivity contribution in [1.82, 2.24) is 9.78 Å². The Labute approximate surface area is 123 Å². The van der Waals surface area contributed by atoms with Gasteiger partial charge in [0.25, 0.3) is 0 Å². The van der Waals surface area contributed by atoms with Crippen LogP contribution in [-0.4, -0.2) is 28.5 Å². The van der Waals surface area contributed by atoms with Crippen LogP contribution in [0.5, 0.6) is 0 Å². The normalized spacial score (nSPS) is 21.5. The van der Waals surface area contributed by atoms with Gasteiger partial charge in [-0.1, -0.05) is 11.6 Å². The lowest BCUT2D eigenvalue weighted by atomic mass is 9.89. The van der Waals surface area contributed by atoms with Gasteiger partial charge in [-0.05, 0) is 44.0 Å². The number of hydrogen-bond acceptors (Lipinski definition) is 3. The molecule has 1 aliphatic rings. The summed E-state index contributed by atoms with van der Waals surface area (Å²) in [5.74, 6) is 0. The van der Waals surface area contributed by atoms with Gasteiger partial charge in [0.1, 0.15) is 0 Å². The van der Waals surface area contributed by atoms with E-state index in [1.54, 1.807) is 6.20 Å². The molecule has 4 nitrogen and oxygen atoms in total. The molecule has 3 rings (SSSR count). The van der Waals surface area contributed by atoms with Crippen molar-refractivity contribution in [2.24, 2.45) is 0 Å². The van der Waals surface area contributed by atoms with E-state index in [2.05, 4.69) is 10.4 Å². The summed E-state index contributed by atoms with van der Waals surface area (Å²) in [4.78, 5) is 0. The van der Waals surface area contributed by atoms with E-state index in [-0.39, 0.29) is 0 Å². The maximum atomic E-state index is 6.11. The van der Waals surface area contributed by atoms with Crippen molar-refractivity contribution in [3.63, 3.8) is 0 Å². The lowest BCUT2D eigenvalue weighted by Crippen LogP contribution is -2.41. The van der Waals surface area contributed by atoms with Gasteiger partial charge in [-0.15, -0.1) is 0 Å². The van der Waals surface area contributed by atoms with E-state index in [1.807, 2.05) is 42.1 Å². The second-order valence-corrected chi connectivity index (χ2v) is 5.44. The zero-order valence-corrected chi connectivity index (χ0v) is 12.2. The largest absolute Gasteiger partial charge is 0.380 e. The Hall–Kier alpha value is -1.52. The van der Waals surface area contributed by atoms with Crippen molar-refractivity contribution >= 4 is 17.3 Å². The van der Waals surface area contributed by atoms with Crippen LogP contribution in [0, 0.1) is 0 Å². The van der Waals surface area contributed by atoms with Crippen molar-refractivity contribution in [2.45, 2.75) is 31.9 Å². The minimum Gasteiger partial charge on any atom is -0.380 e. The molecule has 1 heterocycles. The average molecular weight is 292 g/mol. The van der Waals surface area contributed by atoms with Gasteiger partial charge in [0.2, 0.25) is 0 Å². The molecule has 1 aromatic heterocycles. The Balaban J connectivity index is 1.74. The highest BCUT2D eigenvalue weighted by atomic mass is 35.5. The van der Waals surface area contributed by atoms with Crippen molar-refractivity contribution in [2.75, 3.05) is 11.9 Å². The number of hydrogen-bond donors (Lipinski definition) is 1. The fourth-order valence-electron chi connectivity index (χ4n) is 2.51. The number of rotatable bonds is 5. The smallest absolute Gasteiger partial charge is 0.0877 e. The molecule has 20 heavy (non-hydrogen) atoms. The molecule has 106 valence electrons. The van der Waals surface area contributed by atoms with E-state index < -0.39 is 0 Å². The fraction of sp³-hybridized carbons (Fsp3) is 0.400. The highest BCUT2D eigenvalue weighted by molar-refractivity contribution is 6.31. The molecule has 0 spiro atoms. The number of ether oxygens (including phenoxy) is 1. The molecule has 1 fully saturated rings. The van der Waals surface area contributed by atoms with E-state index in [0.717, 1.165) is 35.8 Å². The van der Waals surface area contributed by atoms with Crippen LogP contribution in [0.25, 0.3) is 5.69 Å². The minimum absolute atomic E-state index is 0.393. The highest BCUT2D eigenvalue weighted by Crippen LogP contribution is 2.31. The molecule has 0 atom stereocenters. The quantitative estimate of drug-likeness (QED) is 0.916. The van der Waals surface area contributed by atoms with Crippen molar-refractivity contribution < 1.29 is 4.74 Å². The molecule has 0 aliphatic heterocycles. The summed E-state index contributed by atoms with van der Waals surface area (Å²) in [6.45, 7) is 2.82. The average Bonchev–Trinajstić information content (AvgIpc) is 2.90. The number of nitrogens with zero attached hydrogens (tertiary/aromatic N) is 2. The summed E-state index contributed by atoms with van der Waals surface area (Å²) < 4.78 is 7.43. The zero-order valence-electron chi connectivity index (χ0n) is 11.4. The summed E-state index contributed by atoms with van der Waals surface area (Å²) in [7, 11) is 0. The van der Waals surface area contributed by atoms with Gasteiger partial charge < -0.3 is 10.1 Å². The van der Waals surface area contributed by atoms with E-state index in [4.69, 9.17) is 16.3 Å². The maximum absolute atomic E-state index is 6.11. The van der Waals surface area contributed by atoms with Crippen molar-refractivity contribution in [1.29, 1.82) is 0 Å². The van der Waals surface area contributed by atoms with E-state index in [0.29, 0.717) is 12.1 Å². The van der Waals surface area contributed by atoms with E-state index >= 15 is 0 Å². The van der Waals surface area contributed by atoms with Crippen LogP contribution in [0.15, 0.2) is 36.7 Å². The first-order valence-corrected chi connectivity index (χ1v) is 7.31. The number of nitrogens with one attached hydrogen (secondary N) is 1. The molecule has 2 aromatic rings. The number of halogens is 1. The van der Waals surface area contributed by atoms with Gasteiger partial charge in [0, 0.05) is 30.1 Å². The predicted molar refractivity (Wildman–Crippen MR) is 80.6 cm³/mol. The van der Waals surface area contributed by atoms with Gasteiger partial charge in [-0.25, -0.2) is 4.68 Å². The fourth-order valence-corrected chi connectivity index (χ4v) is 2.68. The van der Waals surface area contributed by atoms with Crippen molar-refractivity contribution in [3.05, 3.63) is 41.7 Å². The molecular weight excluding hydrogens is 274 g/mol. The first-order chi connectivity index (χ1) is 9.76. The van der Waals surface area contributed by atoms with Crippen LogP contribution in [-0.2, 0) is 4.74 Å². The molecule has 5 heteroatoms. The van der Waals surface area contributed by atoms with Crippen LogP contribution in [0.2, 0.25) is 5.02 Å². The third-order valence-electron chi connectivity index (χ3n) is 3.57. The number of aromatic nitrogens is 2. The lowest BCUT2D eigenvalue weighted by Gasteiger charge is -2.36. The minimum atomic E-state index is 0.393. The summed E-state index contributed by atoms with van der Waals surface area (Å²) in [5, 5.41) is 8.55. The molecule has 1 saturated carbocycles. The molecule has 0 bridgehead atoms. The maximum Gasteiger partial charge on any atom is 0.0877 e. The third kappa shape index (κ3) is 2.81. The molecule has 0 amide bonds. The molecular formula is C15H18ClN3O. The first-order valence-electron chi connectivity index (χ1n) is 6.94. The summed E-state index contributed by atoms with van der Waals surface area (Å²) >= 11 is 6.11.